The van der Waals surface area contributed by atoms with Crippen LogP contribution in [0, 0.1) is 19.8 Å². The van der Waals surface area contributed by atoms with Crippen LogP contribution in [0.5, 0.6) is 0 Å². The number of fused-ring (bicyclic) bond motifs is 1. The number of hydrogen-bond acceptors (Lipinski definition) is 5. The summed E-state index contributed by atoms with van der Waals surface area (Å²) in [6.07, 6.45) is 0. The Hall–Kier alpha value is -3.22. The van der Waals surface area contributed by atoms with Crippen LogP contribution in [0.4, 0.5) is 5.69 Å². The van der Waals surface area contributed by atoms with Gasteiger partial charge in [-0.05, 0) is 38.1 Å². The number of aryl methyl sites for hydroxylation is 2. The van der Waals surface area contributed by atoms with Gasteiger partial charge < -0.3 is 14.7 Å². The standard InChI is InChI=1S/C19H18N4O3/c1-11-6-7-14-15(20-11)4-3-5-16(14)21-18(24)13-9-23(10-13)19(25)17-8-12(2)26-22-17/h3-8,13H,9-10H2,1-2H3,(H,21,24). The molecule has 4 rings (SSSR count). The second kappa shape index (κ2) is 6.25. The molecular weight excluding hydrogens is 332 g/mol. The maximum atomic E-state index is 12.5. The topological polar surface area (TPSA) is 88.3 Å². The van der Waals surface area contributed by atoms with E-state index in [4.69, 9.17) is 4.52 Å². The summed E-state index contributed by atoms with van der Waals surface area (Å²) in [7, 11) is 0. The largest absolute Gasteiger partial charge is 0.361 e. The Balaban J connectivity index is 1.42. The summed E-state index contributed by atoms with van der Waals surface area (Å²) in [6, 6.07) is 11.1. The van der Waals surface area contributed by atoms with Gasteiger partial charge in [0.1, 0.15) is 5.76 Å². The minimum Gasteiger partial charge on any atom is -0.361 e. The highest BCUT2D eigenvalue weighted by Crippen LogP contribution is 2.25. The molecule has 2 aromatic heterocycles. The number of nitrogens with one attached hydrogen (secondary N) is 1. The van der Waals surface area contributed by atoms with Crippen LogP contribution < -0.4 is 5.32 Å². The summed E-state index contributed by atoms with van der Waals surface area (Å²) in [4.78, 5) is 30.8. The molecule has 1 N–H and O–H groups in total. The van der Waals surface area contributed by atoms with Crippen LogP contribution in [0.25, 0.3) is 10.9 Å². The average Bonchev–Trinajstić information content (AvgIpc) is 3.00. The van der Waals surface area contributed by atoms with Crippen molar-refractivity contribution in [3.8, 4) is 0 Å². The van der Waals surface area contributed by atoms with Crippen molar-refractivity contribution in [1.82, 2.24) is 15.0 Å². The van der Waals surface area contributed by atoms with Gasteiger partial charge in [0.05, 0.1) is 17.1 Å². The van der Waals surface area contributed by atoms with E-state index in [1.165, 1.54) is 0 Å². The van der Waals surface area contributed by atoms with Crippen molar-refractivity contribution in [3.05, 3.63) is 53.5 Å². The van der Waals surface area contributed by atoms with Gasteiger partial charge in [0.25, 0.3) is 5.91 Å². The number of rotatable bonds is 3. The molecule has 1 fully saturated rings. The van der Waals surface area contributed by atoms with Crippen molar-refractivity contribution in [2.24, 2.45) is 5.92 Å². The first kappa shape index (κ1) is 16.3. The molecule has 1 saturated heterocycles. The molecule has 0 spiro atoms. The normalized spacial score (nSPS) is 14.3. The van der Waals surface area contributed by atoms with E-state index in [2.05, 4.69) is 15.5 Å². The number of likely N-dealkylation sites (tertiary alicyclic amines) is 1. The van der Waals surface area contributed by atoms with Gasteiger partial charge in [0, 0.05) is 30.2 Å². The van der Waals surface area contributed by atoms with Crippen LogP contribution in [-0.2, 0) is 4.79 Å². The van der Waals surface area contributed by atoms with Crippen LogP contribution in [0.1, 0.15) is 21.9 Å². The van der Waals surface area contributed by atoms with Crippen molar-refractivity contribution >= 4 is 28.4 Å². The van der Waals surface area contributed by atoms with E-state index in [-0.39, 0.29) is 23.4 Å². The van der Waals surface area contributed by atoms with Crippen molar-refractivity contribution in [2.75, 3.05) is 18.4 Å². The van der Waals surface area contributed by atoms with Gasteiger partial charge in [-0.25, -0.2) is 0 Å². The molecule has 0 aliphatic carbocycles. The van der Waals surface area contributed by atoms with E-state index in [1.807, 2.05) is 37.3 Å². The number of pyridine rings is 1. The molecule has 7 nitrogen and oxygen atoms in total. The van der Waals surface area contributed by atoms with Crippen LogP contribution in [0.3, 0.4) is 0 Å². The number of benzene rings is 1. The van der Waals surface area contributed by atoms with Gasteiger partial charge in [-0.2, -0.15) is 0 Å². The molecule has 0 saturated carbocycles. The average molecular weight is 350 g/mol. The molecule has 1 aliphatic heterocycles. The van der Waals surface area contributed by atoms with Gasteiger partial charge in [0.15, 0.2) is 5.69 Å². The first-order valence-corrected chi connectivity index (χ1v) is 8.41. The molecule has 0 bridgehead atoms. The summed E-state index contributed by atoms with van der Waals surface area (Å²) < 4.78 is 4.92. The third kappa shape index (κ3) is 2.92. The zero-order valence-electron chi connectivity index (χ0n) is 14.5. The van der Waals surface area contributed by atoms with Gasteiger partial charge >= 0.3 is 0 Å². The second-order valence-electron chi connectivity index (χ2n) is 6.54. The van der Waals surface area contributed by atoms with E-state index in [0.717, 1.165) is 22.3 Å². The lowest BCUT2D eigenvalue weighted by Gasteiger charge is -2.37. The van der Waals surface area contributed by atoms with E-state index in [1.54, 1.807) is 17.9 Å². The molecule has 1 aromatic carbocycles. The number of amides is 2. The SMILES string of the molecule is Cc1ccc2c(NC(=O)C3CN(C(=O)c4cc(C)on4)C3)cccc2n1. The van der Waals surface area contributed by atoms with E-state index in [0.29, 0.717) is 18.8 Å². The van der Waals surface area contributed by atoms with Gasteiger partial charge in [-0.15, -0.1) is 0 Å². The van der Waals surface area contributed by atoms with Gasteiger partial charge in [-0.1, -0.05) is 11.2 Å². The first-order chi connectivity index (χ1) is 12.5. The fraction of sp³-hybridized carbons (Fsp3) is 0.263. The highest BCUT2D eigenvalue weighted by Gasteiger charge is 2.37. The maximum absolute atomic E-state index is 12.5. The molecular formula is C19H18N4O3. The zero-order chi connectivity index (χ0) is 18.3. The van der Waals surface area contributed by atoms with Crippen molar-refractivity contribution in [1.29, 1.82) is 0 Å². The minimum absolute atomic E-state index is 0.0986. The molecule has 0 radical (unpaired) electrons. The van der Waals surface area contributed by atoms with Gasteiger partial charge in [0.2, 0.25) is 5.91 Å². The lowest BCUT2D eigenvalue weighted by molar-refractivity contribution is -0.123. The van der Waals surface area contributed by atoms with Crippen molar-refractivity contribution < 1.29 is 14.1 Å². The highest BCUT2D eigenvalue weighted by molar-refractivity contribution is 6.03. The van der Waals surface area contributed by atoms with Crippen LogP contribution in [0.2, 0.25) is 0 Å². The van der Waals surface area contributed by atoms with Crippen LogP contribution >= 0.6 is 0 Å². The Morgan fingerprint density at radius 2 is 2.00 bits per heavy atom. The smallest absolute Gasteiger partial charge is 0.276 e. The Bertz CT molecular complexity index is 1000. The summed E-state index contributed by atoms with van der Waals surface area (Å²) in [5.74, 6) is 0.0396. The Morgan fingerprint density at radius 1 is 1.19 bits per heavy atom. The fourth-order valence-corrected chi connectivity index (χ4v) is 3.04. The number of nitrogens with zero attached hydrogens (tertiary/aromatic N) is 3. The van der Waals surface area contributed by atoms with Crippen molar-refractivity contribution in [3.63, 3.8) is 0 Å². The summed E-state index contributed by atoms with van der Waals surface area (Å²) in [5.41, 5.74) is 2.78. The summed E-state index contributed by atoms with van der Waals surface area (Å²) in [5, 5.41) is 7.58. The second-order valence-corrected chi connectivity index (χ2v) is 6.54. The van der Waals surface area contributed by atoms with Crippen LogP contribution in [-0.4, -0.2) is 39.9 Å². The van der Waals surface area contributed by atoms with Crippen molar-refractivity contribution in [2.45, 2.75) is 13.8 Å². The lowest BCUT2D eigenvalue weighted by Crippen LogP contribution is -2.54. The lowest BCUT2D eigenvalue weighted by atomic mass is 9.98. The number of aromatic nitrogens is 2. The summed E-state index contributed by atoms with van der Waals surface area (Å²) >= 11 is 0. The quantitative estimate of drug-likeness (QED) is 0.784. The molecule has 0 unspecified atom stereocenters. The monoisotopic (exact) mass is 350 g/mol. The minimum atomic E-state index is -0.236. The Labute approximate surface area is 150 Å². The van der Waals surface area contributed by atoms with E-state index in [9.17, 15) is 9.59 Å². The first-order valence-electron chi connectivity index (χ1n) is 8.41. The van der Waals surface area contributed by atoms with E-state index >= 15 is 0 Å². The highest BCUT2D eigenvalue weighted by atomic mass is 16.5. The molecule has 26 heavy (non-hydrogen) atoms. The maximum Gasteiger partial charge on any atom is 0.276 e. The predicted molar refractivity (Wildman–Crippen MR) is 95.7 cm³/mol. The molecule has 0 atom stereocenters. The predicted octanol–water partition coefficient (Wildman–Crippen LogP) is 2.55. The number of carbonyl (C=O) groups is 2. The Kier molecular flexibility index (Phi) is 3.91. The number of hydrogen-bond donors (Lipinski definition) is 1. The third-order valence-electron chi connectivity index (χ3n) is 4.52. The molecule has 3 aromatic rings. The molecule has 3 heterocycles. The van der Waals surface area contributed by atoms with E-state index < -0.39 is 0 Å². The molecule has 2 amide bonds. The molecule has 132 valence electrons. The zero-order valence-corrected chi connectivity index (χ0v) is 14.5. The van der Waals surface area contributed by atoms with Gasteiger partial charge in [-0.3, -0.25) is 14.6 Å². The fourth-order valence-electron chi connectivity index (χ4n) is 3.04. The number of anilines is 1. The molecule has 7 heteroatoms. The number of carbonyl (C=O) groups excluding carboxylic acids is 2. The molecule has 1 aliphatic rings. The van der Waals surface area contributed by atoms with Crippen LogP contribution in [0.15, 0.2) is 40.9 Å². The third-order valence-corrected chi connectivity index (χ3v) is 4.52. The Morgan fingerprint density at radius 3 is 2.73 bits per heavy atom. The summed E-state index contributed by atoms with van der Waals surface area (Å²) in [6.45, 7) is 4.41.